The topological polar surface area (TPSA) is 23.5 Å². The first-order valence-electron chi connectivity index (χ1n) is 7.05. The van der Waals surface area contributed by atoms with Crippen molar-refractivity contribution >= 4 is 0 Å². The molecule has 1 saturated heterocycles. The van der Waals surface area contributed by atoms with Gasteiger partial charge in [0.25, 0.3) is 0 Å². The zero-order chi connectivity index (χ0) is 11.6. The van der Waals surface area contributed by atoms with Crippen molar-refractivity contribution in [2.24, 2.45) is 5.41 Å². The van der Waals surface area contributed by atoms with Gasteiger partial charge in [-0.3, -0.25) is 0 Å². The van der Waals surface area contributed by atoms with E-state index in [1.165, 1.54) is 45.2 Å². The zero-order valence-electron chi connectivity index (χ0n) is 10.9. The highest BCUT2D eigenvalue weighted by molar-refractivity contribution is 4.87. The molecular formula is C14H27NO. The van der Waals surface area contributed by atoms with Crippen molar-refractivity contribution in [3.8, 4) is 0 Å². The lowest BCUT2D eigenvalue weighted by Gasteiger charge is -2.44. The Bertz CT molecular complexity index is 221. The van der Waals surface area contributed by atoms with Gasteiger partial charge < -0.3 is 10.0 Å². The Balaban J connectivity index is 1.84. The fraction of sp³-hybridized carbons (Fsp3) is 1.00. The monoisotopic (exact) mass is 225 g/mol. The number of piperidine rings is 1. The Morgan fingerprint density at radius 2 is 1.94 bits per heavy atom. The molecule has 0 amide bonds. The van der Waals surface area contributed by atoms with E-state index in [9.17, 15) is 5.11 Å². The molecule has 2 aliphatic rings. The van der Waals surface area contributed by atoms with Gasteiger partial charge in [-0.05, 0) is 57.0 Å². The maximum absolute atomic E-state index is 9.73. The first kappa shape index (κ1) is 12.4. The smallest absolute Gasteiger partial charge is 0.0555 e. The van der Waals surface area contributed by atoms with Gasteiger partial charge in [0.05, 0.1) is 6.10 Å². The molecule has 1 saturated carbocycles. The van der Waals surface area contributed by atoms with Gasteiger partial charge in [0, 0.05) is 6.04 Å². The summed E-state index contributed by atoms with van der Waals surface area (Å²) in [7, 11) is 0. The highest BCUT2D eigenvalue weighted by Gasteiger charge is 2.33. The molecule has 2 unspecified atom stereocenters. The van der Waals surface area contributed by atoms with E-state index in [1.807, 2.05) is 0 Å². The third-order valence-corrected chi connectivity index (χ3v) is 4.99. The molecule has 2 atom stereocenters. The molecule has 0 radical (unpaired) electrons. The van der Waals surface area contributed by atoms with Crippen LogP contribution < -0.4 is 0 Å². The second-order valence-corrected chi connectivity index (χ2v) is 6.17. The molecule has 0 spiro atoms. The second-order valence-electron chi connectivity index (χ2n) is 6.17. The van der Waals surface area contributed by atoms with E-state index in [2.05, 4.69) is 18.7 Å². The summed E-state index contributed by atoms with van der Waals surface area (Å²) >= 11 is 0. The molecule has 0 aromatic heterocycles. The van der Waals surface area contributed by atoms with Gasteiger partial charge in [0.1, 0.15) is 0 Å². The Morgan fingerprint density at radius 1 is 1.25 bits per heavy atom. The Labute approximate surface area is 100 Å². The molecule has 1 aliphatic heterocycles. The average Bonchev–Trinajstić information content (AvgIpc) is 2.30. The number of aliphatic hydroxyl groups is 1. The van der Waals surface area contributed by atoms with Crippen LogP contribution in [0, 0.1) is 5.41 Å². The lowest BCUT2D eigenvalue weighted by molar-refractivity contribution is 0.0265. The predicted molar refractivity (Wildman–Crippen MR) is 67.5 cm³/mol. The van der Waals surface area contributed by atoms with Gasteiger partial charge in [0.2, 0.25) is 0 Å². The molecule has 1 aliphatic carbocycles. The summed E-state index contributed by atoms with van der Waals surface area (Å²) in [6.45, 7) is 7.25. The van der Waals surface area contributed by atoms with E-state index >= 15 is 0 Å². The molecule has 2 rings (SSSR count). The zero-order valence-corrected chi connectivity index (χ0v) is 10.9. The molecule has 2 heteroatoms. The van der Waals surface area contributed by atoms with Gasteiger partial charge >= 0.3 is 0 Å². The number of hydrogen-bond donors (Lipinski definition) is 1. The number of hydrogen-bond acceptors (Lipinski definition) is 2. The van der Waals surface area contributed by atoms with Gasteiger partial charge in [-0.1, -0.05) is 20.3 Å². The second kappa shape index (κ2) is 5.05. The van der Waals surface area contributed by atoms with Crippen molar-refractivity contribution in [2.45, 2.75) is 70.9 Å². The molecule has 0 aromatic rings. The summed E-state index contributed by atoms with van der Waals surface area (Å²) in [4.78, 5) is 2.64. The van der Waals surface area contributed by atoms with Crippen LogP contribution in [0.15, 0.2) is 0 Å². The predicted octanol–water partition coefficient (Wildman–Crippen LogP) is 2.80. The van der Waals surface area contributed by atoms with Gasteiger partial charge in [-0.25, -0.2) is 0 Å². The highest BCUT2D eigenvalue weighted by Crippen LogP contribution is 2.36. The fourth-order valence-corrected chi connectivity index (χ4v) is 3.25. The van der Waals surface area contributed by atoms with Crippen LogP contribution in [0.4, 0.5) is 0 Å². The molecule has 94 valence electrons. The summed E-state index contributed by atoms with van der Waals surface area (Å²) < 4.78 is 0. The molecule has 16 heavy (non-hydrogen) atoms. The first-order chi connectivity index (χ1) is 7.63. The molecule has 2 fully saturated rings. The third kappa shape index (κ3) is 2.78. The van der Waals surface area contributed by atoms with Gasteiger partial charge in [-0.2, -0.15) is 0 Å². The number of nitrogens with zero attached hydrogens (tertiary/aromatic N) is 1. The average molecular weight is 225 g/mol. The standard InChI is InChI=1S/C14H27NO/c1-3-14(2)7-9-15(10-8-14)12-5-4-6-13(16)11-12/h12-13,16H,3-11H2,1-2H3. The van der Waals surface area contributed by atoms with Crippen LogP contribution in [0.3, 0.4) is 0 Å². The quantitative estimate of drug-likeness (QED) is 0.781. The summed E-state index contributed by atoms with van der Waals surface area (Å²) in [5.74, 6) is 0. The van der Waals surface area contributed by atoms with E-state index in [1.54, 1.807) is 0 Å². The number of likely N-dealkylation sites (tertiary alicyclic amines) is 1. The van der Waals surface area contributed by atoms with E-state index in [0.717, 1.165) is 12.8 Å². The largest absolute Gasteiger partial charge is 0.393 e. The molecule has 0 bridgehead atoms. The Kier molecular flexibility index (Phi) is 3.91. The lowest BCUT2D eigenvalue weighted by atomic mass is 9.77. The molecule has 1 N–H and O–H groups in total. The molecular weight excluding hydrogens is 198 g/mol. The molecule has 1 heterocycles. The third-order valence-electron chi connectivity index (χ3n) is 4.99. The van der Waals surface area contributed by atoms with Crippen LogP contribution in [0.25, 0.3) is 0 Å². The minimum Gasteiger partial charge on any atom is -0.393 e. The lowest BCUT2D eigenvalue weighted by Crippen LogP contribution is -2.46. The fourth-order valence-electron chi connectivity index (χ4n) is 3.25. The van der Waals surface area contributed by atoms with Crippen molar-refractivity contribution < 1.29 is 5.11 Å². The van der Waals surface area contributed by atoms with E-state index < -0.39 is 0 Å². The first-order valence-corrected chi connectivity index (χ1v) is 7.05. The molecule has 0 aromatic carbocycles. The summed E-state index contributed by atoms with van der Waals surface area (Å²) in [5, 5.41) is 9.73. The highest BCUT2D eigenvalue weighted by atomic mass is 16.3. The van der Waals surface area contributed by atoms with Crippen LogP contribution in [-0.2, 0) is 0 Å². The minimum absolute atomic E-state index is 0.0294. The van der Waals surface area contributed by atoms with Crippen molar-refractivity contribution in [3.63, 3.8) is 0 Å². The van der Waals surface area contributed by atoms with Gasteiger partial charge in [0.15, 0.2) is 0 Å². The summed E-state index contributed by atoms with van der Waals surface area (Å²) in [6.07, 6.45) is 8.53. The van der Waals surface area contributed by atoms with E-state index in [-0.39, 0.29) is 6.10 Å². The van der Waals surface area contributed by atoms with Crippen molar-refractivity contribution in [2.75, 3.05) is 13.1 Å². The van der Waals surface area contributed by atoms with Crippen molar-refractivity contribution in [3.05, 3.63) is 0 Å². The number of rotatable bonds is 2. The normalized spacial score (nSPS) is 36.2. The molecule has 2 nitrogen and oxygen atoms in total. The number of aliphatic hydroxyl groups excluding tert-OH is 1. The summed E-state index contributed by atoms with van der Waals surface area (Å²) in [6, 6.07) is 0.671. The van der Waals surface area contributed by atoms with Crippen LogP contribution in [-0.4, -0.2) is 35.2 Å². The van der Waals surface area contributed by atoms with Gasteiger partial charge in [-0.15, -0.1) is 0 Å². The summed E-state index contributed by atoms with van der Waals surface area (Å²) in [5.41, 5.74) is 0.587. The maximum atomic E-state index is 9.73. The van der Waals surface area contributed by atoms with Crippen molar-refractivity contribution in [1.82, 2.24) is 4.90 Å². The maximum Gasteiger partial charge on any atom is 0.0555 e. The van der Waals surface area contributed by atoms with Crippen LogP contribution in [0.1, 0.15) is 58.8 Å². The van der Waals surface area contributed by atoms with Crippen LogP contribution in [0.2, 0.25) is 0 Å². The Hall–Kier alpha value is -0.0800. The van der Waals surface area contributed by atoms with E-state index in [4.69, 9.17) is 0 Å². The van der Waals surface area contributed by atoms with Crippen LogP contribution >= 0.6 is 0 Å². The Morgan fingerprint density at radius 3 is 2.50 bits per heavy atom. The van der Waals surface area contributed by atoms with Crippen LogP contribution in [0.5, 0.6) is 0 Å². The van der Waals surface area contributed by atoms with E-state index in [0.29, 0.717) is 11.5 Å². The SMILES string of the molecule is CCC1(C)CCN(C2CCCC(O)C2)CC1. The van der Waals surface area contributed by atoms with Crippen molar-refractivity contribution in [1.29, 1.82) is 0 Å². The minimum atomic E-state index is -0.0294.